The lowest BCUT2D eigenvalue weighted by Gasteiger charge is -2.24. The number of anilines is 1. The molecule has 0 radical (unpaired) electrons. The number of carbonyl (C=O) groups excluding carboxylic acids is 1. The van der Waals surface area contributed by atoms with Crippen LogP contribution < -0.4 is 14.8 Å². The number of amides is 1. The average molecular weight is 459 g/mol. The van der Waals surface area contributed by atoms with Crippen LogP contribution in [0.5, 0.6) is 5.75 Å². The Kier molecular flexibility index (Phi) is 8.18. The molecule has 174 valence electrons. The van der Waals surface area contributed by atoms with Gasteiger partial charge in [0, 0.05) is 6.04 Å². The van der Waals surface area contributed by atoms with Crippen molar-refractivity contribution in [3.63, 3.8) is 0 Å². The molecule has 32 heavy (non-hydrogen) atoms. The molecule has 0 saturated heterocycles. The van der Waals surface area contributed by atoms with Gasteiger partial charge in [-0.05, 0) is 68.0 Å². The molecule has 6 nitrogen and oxygen atoms in total. The number of sulfonamides is 1. The van der Waals surface area contributed by atoms with E-state index >= 15 is 0 Å². The van der Waals surface area contributed by atoms with Crippen molar-refractivity contribution >= 4 is 21.6 Å². The predicted molar refractivity (Wildman–Crippen MR) is 128 cm³/mol. The monoisotopic (exact) mass is 458 g/mol. The lowest BCUT2D eigenvalue weighted by molar-refractivity contribution is -0.128. The van der Waals surface area contributed by atoms with Crippen molar-refractivity contribution in [2.45, 2.75) is 82.8 Å². The fourth-order valence-corrected chi connectivity index (χ4v) is 5.23. The number of carbonyl (C=O) groups is 1. The second-order valence-corrected chi connectivity index (χ2v) is 10.0. The van der Waals surface area contributed by atoms with Crippen LogP contribution >= 0.6 is 0 Å². The molecule has 0 aromatic heterocycles. The maximum absolute atomic E-state index is 13.0. The van der Waals surface area contributed by atoms with E-state index in [1.807, 2.05) is 32.0 Å². The van der Waals surface area contributed by atoms with Crippen LogP contribution in [0, 0.1) is 0 Å². The zero-order valence-electron chi connectivity index (χ0n) is 19.2. The van der Waals surface area contributed by atoms with Gasteiger partial charge in [0.15, 0.2) is 6.10 Å². The first-order valence-corrected chi connectivity index (χ1v) is 13.0. The number of hydrogen-bond acceptors (Lipinski definition) is 4. The van der Waals surface area contributed by atoms with Gasteiger partial charge in [0.05, 0.1) is 10.6 Å². The van der Waals surface area contributed by atoms with Gasteiger partial charge in [-0.2, -0.15) is 0 Å². The van der Waals surface area contributed by atoms with Crippen molar-refractivity contribution in [1.29, 1.82) is 0 Å². The zero-order chi connectivity index (χ0) is 23.1. The molecule has 1 aliphatic rings. The summed E-state index contributed by atoms with van der Waals surface area (Å²) in [5.41, 5.74) is 2.59. The van der Waals surface area contributed by atoms with Gasteiger partial charge in [0.25, 0.3) is 15.9 Å². The van der Waals surface area contributed by atoms with Crippen molar-refractivity contribution in [1.82, 2.24) is 5.32 Å². The average Bonchev–Trinajstić information content (AvgIpc) is 2.80. The summed E-state index contributed by atoms with van der Waals surface area (Å²) < 4.78 is 34.5. The van der Waals surface area contributed by atoms with Crippen molar-refractivity contribution in [3.8, 4) is 5.75 Å². The molecule has 1 amide bonds. The van der Waals surface area contributed by atoms with Crippen LogP contribution in [0.3, 0.4) is 0 Å². The van der Waals surface area contributed by atoms with E-state index < -0.39 is 16.1 Å². The third kappa shape index (κ3) is 6.03. The number of aryl methyl sites for hydroxylation is 2. The van der Waals surface area contributed by atoms with Gasteiger partial charge in [-0.3, -0.25) is 9.52 Å². The van der Waals surface area contributed by atoms with E-state index in [4.69, 9.17) is 4.74 Å². The molecule has 2 N–H and O–H groups in total. The molecule has 1 saturated carbocycles. The summed E-state index contributed by atoms with van der Waals surface area (Å²) in [6.45, 7) is 5.72. The number of nitrogens with one attached hydrogen (secondary N) is 2. The smallest absolute Gasteiger partial charge is 0.261 e. The molecule has 2 aromatic carbocycles. The van der Waals surface area contributed by atoms with Gasteiger partial charge in [-0.15, -0.1) is 0 Å². The van der Waals surface area contributed by atoms with Crippen molar-refractivity contribution in [3.05, 3.63) is 53.6 Å². The summed E-state index contributed by atoms with van der Waals surface area (Å²) in [6, 6.07) is 12.2. The first-order valence-electron chi connectivity index (χ1n) is 11.5. The van der Waals surface area contributed by atoms with Crippen LogP contribution in [0.4, 0.5) is 5.69 Å². The summed E-state index contributed by atoms with van der Waals surface area (Å²) in [7, 11) is -3.74. The van der Waals surface area contributed by atoms with Crippen LogP contribution in [-0.2, 0) is 27.7 Å². The number of ether oxygens (including phenoxy) is 1. The largest absolute Gasteiger partial charge is 0.481 e. The molecular weight excluding hydrogens is 424 g/mol. The Morgan fingerprint density at radius 1 is 1.00 bits per heavy atom. The van der Waals surface area contributed by atoms with Crippen LogP contribution in [0.15, 0.2) is 47.4 Å². The van der Waals surface area contributed by atoms with Gasteiger partial charge >= 0.3 is 0 Å². The molecule has 1 atom stereocenters. The third-order valence-electron chi connectivity index (χ3n) is 6.00. The van der Waals surface area contributed by atoms with E-state index in [1.54, 1.807) is 19.1 Å². The lowest BCUT2D eigenvalue weighted by Crippen LogP contribution is -2.43. The molecule has 0 spiro atoms. The summed E-state index contributed by atoms with van der Waals surface area (Å²) in [5.74, 6) is 0.317. The molecule has 0 heterocycles. The second-order valence-electron chi connectivity index (χ2n) is 8.34. The third-order valence-corrected chi connectivity index (χ3v) is 7.37. The lowest BCUT2D eigenvalue weighted by atomic mass is 9.95. The van der Waals surface area contributed by atoms with Crippen molar-refractivity contribution in [2.24, 2.45) is 0 Å². The van der Waals surface area contributed by atoms with E-state index in [0.717, 1.165) is 49.7 Å². The Morgan fingerprint density at radius 3 is 2.16 bits per heavy atom. The Bertz CT molecular complexity index is 990. The van der Waals surface area contributed by atoms with E-state index in [1.165, 1.54) is 18.6 Å². The Morgan fingerprint density at radius 2 is 1.59 bits per heavy atom. The molecule has 0 unspecified atom stereocenters. The fraction of sp³-hybridized carbons (Fsp3) is 0.480. The second kappa shape index (κ2) is 10.9. The summed E-state index contributed by atoms with van der Waals surface area (Å²) in [6.07, 6.45) is 6.36. The highest BCUT2D eigenvalue weighted by Crippen LogP contribution is 2.26. The van der Waals surface area contributed by atoms with Gasteiger partial charge in [0.2, 0.25) is 0 Å². The van der Waals surface area contributed by atoms with Gasteiger partial charge in [-0.25, -0.2) is 8.42 Å². The molecular formula is C25H34N2O4S. The van der Waals surface area contributed by atoms with Crippen molar-refractivity contribution in [2.75, 3.05) is 4.72 Å². The number of hydrogen-bond donors (Lipinski definition) is 2. The van der Waals surface area contributed by atoms with Gasteiger partial charge in [-0.1, -0.05) is 51.3 Å². The highest BCUT2D eigenvalue weighted by atomic mass is 32.2. The highest BCUT2D eigenvalue weighted by molar-refractivity contribution is 7.92. The minimum absolute atomic E-state index is 0.140. The zero-order valence-corrected chi connectivity index (χ0v) is 20.0. The highest BCUT2D eigenvalue weighted by Gasteiger charge is 2.22. The summed E-state index contributed by atoms with van der Waals surface area (Å²) in [5, 5.41) is 3.05. The van der Waals surface area contributed by atoms with E-state index in [-0.39, 0.29) is 16.8 Å². The molecule has 1 fully saturated rings. The maximum Gasteiger partial charge on any atom is 0.261 e. The van der Waals surface area contributed by atoms with Crippen LogP contribution in [0.25, 0.3) is 0 Å². The predicted octanol–water partition coefficient (Wildman–Crippen LogP) is 4.83. The van der Waals surface area contributed by atoms with Crippen LogP contribution in [-0.4, -0.2) is 26.5 Å². The van der Waals surface area contributed by atoms with E-state index in [0.29, 0.717) is 11.4 Å². The Hall–Kier alpha value is -2.54. The first-order chi connectivity index (χ1) is 15.3. The van der Waals surface area contributed by atoms with Crippen molar-refractivity contribution < 1.29 is 17.9 Å². The topological polar surface area (TPSA) is 84.5 Å². The van der Waals surface area contributed by atoms with E-state index in [9.17, 15) is 13.2 Å². The molecule has 0 aliphatic heterocycles. The van der Waals surface area contributed by atoms with Gasteiger partial charge < -0.3 is 10.1 Å². The number of para-hydroxylation sites is 1. The van der Waals surface area contributed by atoms with Crippen LogP contribution in [0.2, 0.25) is 0 Å². The van der Waals surface area contributed by atoms with Gasteiger partial charge in [0.1, 0.15) is 5.75 Å². The Labute approximate surface area is 191 Å². The minimum atomic E-state index is -3.74. The SMILES string of the molecule is CCc1cccc(CC)c1NS(=O)(=O)c1ccc(O[C@@H](C)C(=O)NC2CCCCC2)cc1. The minimum Gasteiger partial charge on any atom is -0.481 e. The molecule has 7 heteroatoms. The molecule has 0 bridgehead atoms. The molecule has 2 aromatic rings. The quantitative estimate of drug-likeness (QED) is 0.564. The number of rotatable bonds is 9. The maximum atomic E-state index is 13.0. The Balaban J connectivity index is 1.66. The van der Waals surface area contributed by atoms with E-state index in [2.05, 4.69) is 10.0 Å². The molecule has 3 rings (SSSR count). The van der Waals surface area contributed by atoms with Crippen LogP contribution in [0.1, 0.15) is 64.0 Å². The summed E-state index contributed by atoms with van der Waals surface area (Å²) in [4.78, 5) is 12.6. The standard InChI is InChI=1S/C25H34N2O4S/c1-4-19-10-9-11-20(5-2)24(19)27-32(29,30)23-16-14-22(15-17-23)31-18(3)25(28)26-21-12-7-6-8-13-21/h9-11,14-18,21,27H,4-8,12-13H2,1-3H3,(H,26,28)/t18-/m0/s1. The number of benzene rings is 2. The summed E-state index contributed by atoms with van der Waals surface area (Å²) >= 11 is 0. The fourth-order valence-electron chi connectivity index (χ4n) is 4.09. The first kappa shape index (κ1) is 24.1. The molecule has 1 aliphatic carbocycles. The normalized spacial score (nSPS) is 15.7.